The van der Waals surface area contributed by atoms with Crippen LogP contribution in [0.2, 0.25) is 0 Å². The van der Waals surface area contributed by atoms with Crippen molar-refractivity contribution in [2.24, 2.45) is 10.9 Å². The number of benzene rings is 1. The smallest absolute Gasteiger partial charge is 0.170 e. The van der Waals surface area contributed by atoms with E-state index in [2.05, 4.69) is 41.3 Å². The van der Waals surface area contributed by atoms with Crippen LogP contribution in [0.25, 0.3) is 0 Å². The summed E-state index contributed by atoms with van der Waals surface area (Å²) in [6, 6.07) is 11.8. The van der Waals surface area contributed by atoms with E-state index in [1.165, 1.54) is 5.56 Å². The average Bonchev–Trinajstić information content (AvgIpc) is 2.53. The van der Waals surface area contributed by atoms with Gasteiger partial charge in [0, 0.05) is 24.5 Å². The predicted molar refractivity (Wildman–Crippen MR) is 80.6 cm³/mol. The maximum Gasteiger partial charge on any atom is 0.170 e. The number of nitrogens with two attached hydrogens (primary N) is 1. The molecule has 0 spiro atoms. The molecule has 5 heteroatoms. The number of pyridine rings is 1. The third kappa shape index (κ3) is 2.88. The van der Waals surface area contributed by atoms with Gasteiger partial charge in [0.05, 0.1) is 0 Å². The van der Waals surface area contributed by atoms with Crippen LogP contribution in [0, 0.1) is 0 Å². The van der Waals surface area contributed by atoms with Crippen LogP contribution in [0.3, 0.4) is 0 Å². The average molecular weight is 270 g/mol. The molecule has 1 aromatic heterocycles. The number of rotatable bonds is 4. The number of oxime groups is 1. The third-order valence-electron chi connectivity index (χ3n) is 3.22. The molecule has 2 rings (SSSR count). The first-order valence-corrected chi connectivity index (χ1v) is 6.42. The maximum atomic E-state index is 8.72. The lowest BCUT2D eigenvalue weighted by Crippen LogP contribution is -2.16. The van der Waals surface area contributed by atoms with E-state index in [1.54, 1.807) is 18.3 Å². The number of amidine groups is 1. The standard InChI is InChI=1S/C15H18N4O/c1-3-11-4-6-13(7-5-11)19(2)14-10-12(8-9-17-14)15(16)18-20/h4-10,20H,3H2,1-2H3,(H2,16,18). The van der Waals surface area contributed by atoms with Gasteiger partial charge in [-0.05, 0) is 36.2 Å². The van der Waals surface area contributed by atoms with E-state index in [9.17, 15) is 0 Å². The van der Waals surface area contributed by atoms with Crippen LogP contribution in [-0.4, -0.2) is 23.1 Å². The molecule has 0 aliphatic carbocycles. The molecule has 0 saturated heterocycles. The molecule has 0 saturated carbocycles. The number of hydrogen-bond donors (Lipinski definition) is 2. The highest BCUT2D eigenvalue weighted by Crippen LogP contribution is 2.22. The molecule has 0 atom stereocenters. The van der Waals surface area contributed by atoms with Crippen LogP contribution in [0.5, 0.6) is 0 Å². The zero-order chi connectivity index (χ0) is 14.5. The summed E-state index contributed by atoms with van der Waals surface area (Å²) >= 11 is 0. The number of aromatic nitrogens is 1. The summed E-state index contributed by atoms with van der Waals surface area (Å²) in [5.74, 6) is 0.807. The Hall–Kier alpha value is -2.56. The minimum absolute atomic E-state index is 0.0726. The summed E-state index contributed by atoms with van der Waals surface area (Å²) in [6.45, 7) is 2.13. The molecule has 20 heavy (non-hydrogen) atoms. The first kappa shape index (κ1) is 13.9. The molecule has 1 aromatic carbocycles. The van der Waals surface area contributed by atoms with Gasteiger partial charge in [0.15, 0.2) is 5.84 Å². The van der Waals surface area contributed by atoms with E-state index in [-0.39, 0.29) is 5.84 Å². The van der Waals surface area contributed by atoms with Gasteiger partial charge in [-0.3, -0.25) is 0 Å². The molecule has 0 fully saturated rings. The van der Waals surface area contributed by atoms with E-state index < -0.39 is 0 Å². The van der Waals surface area contributed by atoms with E-state index in [0.29, 0.717) is 5.56 Å². The van der Waals surface area contributed by atoms with Crippen molar-refractivity contribution in [1.29, 1.82) is 0 Å². The molecule has 2 aromatic rings. The van der Waals surface area contributed by atoms with Crippen molar-refractivity contribution >= 4 is 17.3 Å². The van der Waals surface area contributed by atoms with Gasteiger partial charge in [0.1, 0.15) is 5.82 Å². The molecule has 3 N–H and O–H groups in total. The van der Waals surface area contributed by atoms with Gasteiger partial charge in [0.2, 0.25) is 0 Å². The van der Waals surface area contributed by atoms with Crippen molar-refractivity contribution in [2.45, 2.75) is 13.3 Å². The molecule has 0 aliphatic heterocycles. The number of hydrogen-bond acceptors (Lipinski definition) is 4. The molecule has 0 amide bonds. The highest BCUT2D eigenvalue weighted by Gasteiger charge is 2.08. The van der Waals surface area contributed by atoms with E-state index >= 15 is 0 Å². The van der Waals surface area contributed by atoms with Gasteiger partial charge in [-0.25, -0.2) is 4.98 Å². The Bertz CT molecular complexity index is 608. The number of anilines is 2. The first-order chi connectivity index (χ1) is 9.65. The molecule has 0 radical (unpaired) electrons. The maximum absolute atomic E-state index is 8.72. The van der Waals surface area contributed by atoms with Crippen LogP contribution in [0.15, 0.2) is 47.8 Å². The lowest BCUT2D eigenvalue weighted by Gasteiger charge is -2.19. The lowest BCUT2D eigenvalue weighted by molar-refractivity contribution is 0.318. The summed E-state index contributed by atoms with van der Waals surface area (Å²) in [5.41, 5.74) is 8.55. The van der Waals surface area contributed by atoms with Crippen molar-refractivity contribution in [1.82, 2.24) is 4.98 Å². The molecular weight excluding hydrogens is 252 g/mol. The molecule has 5 nitrogen and oxygen atoms in total. The summed E-state index contributed by atoms with van der Waals surface area (Å²) in [7, 11) is 1.93. The second-order valence-electron chi connectivity index (χ2n) is 4.47. The van der Waals surface area contributed by atoms with Gasteiger partial charge in [0.25, 0.3) is 0 Å². The predicted octanol–water partition coefficient (Wildman–Crippen LogP) is 2.51. The fraction of sp³-hybridized carbons (Fsp3) is 0.200. The summed E-state index contributed by atoms with van der Waals surface area (Å²) in [5, 5.41) is 11.7. The second kappa shape index (κ2) is 6.06. The fourth-order valence-electron chi connectivity index (χ4n) is 1.91. The number of nitrogens with zero attached hydrogens (tertiary/aromatic N) is 3. The SMILES string of the molecule is CCc1ccc(N(C)c2cc(C(N)=NO)ccn2)cc1. The van der Waals surface area contributed by atoms with Crippen molar-refractivity contribution in [2.75, 3.05) is 11.9 Å². The Morgan fingerprint density at radius 3 is 2.60 bits per heavy atom. The number of aryl methyl sites for hydroxylation is 1. The molecule has 104 valence electrons. The normalized spacial score (nSPS) is 11.4. The Morgan fingerprint density at radius 2 is 2.00 bits per heavy atom. The second-order valence-corrected chi connectivity index (χ2v) is 4.47. The van der Waals surface area contributed by atoms with Crippen LogP contribution < -0.4 is 10.6 Å². The molecule has 1 heterocycles. The van der Waals surface area contributed by atoms with Crippen LogP contribution in [0.1, 0.15) is 18.1 Å². The Labute approximate surface area is 118 Å². The van der Waals surface area contributed by atoms with Crippen LogP contribution in [0.4, 0.5) is 11.5 Å². The fourth-order valence-corrected chi connectivity index (χ4v) is 1.91. The van der Waals surface area contributed by atoms with Gasteiger partial charge < -0.3 is 15.8 Å². The largest absolute Gasteiger partial charge is 0.409 e. The minimum atomic E-state index is 0.0726. The van der Waals surface area contributed by atoms with Crippen LogP contribution in [-0.2, 0) is 6.42 Å². The van der Waals surface area contributed by atoms with Crippen molar-refractivity contribution in [3.05, 3.63) is 53.7 Å². The van der Waals surface area contributed by atoms with Crippen molar-refractivity contribution in [3.8, 4) is 0 Å². The molecule has 0 bridgehead atoms. The lowest BCUT2D eigenvalue weighted by atomic mass is 10.1. The molecular formula is C15H18N4O. The Balaban J connectivity index is 2.30. The molecule has 0 unspecified atom stereocenters. The molecule has 0 aliphatic rings. The van der Waals surface area contributed by atoms with Crippen molar-refractivity contribution in [3.63, 3.8) is 0 Å². The van der Waals surface area contributed by atoms with Gasteiger partial charge in [-0.2, -0.15) is 0 Å². The Kier molecular flexibility index (Phi) is 4.20. The summed E-state index contributed by atoms with van der Waals surface area (Å²) < 4.78 is 0. The zero-order valence-corrected chi connectivity index (χ0v) is 11.6. The topological polar surface area (TPSA) is 74.7 Å². The van der Waals surface area contributed by atoms with Crippen molar-refractivity contribution < 1.29 is 5.21 Å². The van der Waals surface area contributed by atoms with Gasteiger partial charge in [-0.1, -0.05) is 24.2 Å². The Morgan fingerprint density at radius 1 is 1.30 bits per heavy atom. The quantitative estimate of drug-likeness (QED) is 0.387. The van der Waals surface area contributed by atoms with Gasteiger partial charge >= 0.3 is 0 Å². The van der Waals surface area contributed by atoms with E-state index in [1.807, 2.05) is 11.9 Å². The van der Waals surface area contributed by atoms with Crippen LogP contribution >= 0.6 is 0 Å². The zero-order valence-electron chi connectivity index (χ0n) is 11.6. The van der Waals surface area contributed by atoms with E-state index in [4.69, 9.17) is 10.9 Å². The highest BCUT2D eigenvalue weighted by atomic mass is 16.4. The minimum Gasteiger partial charge on any atom is -0.409 e. The monoisotopic (exact) mass is 270 g/mol. The summed E-state index contributed by atoms with van der Waals surface area (Å²) in [6.07, 6.45) is 2.65. The first-order valence-electron chi connectivity index (χ1n) is 6.42. The van der Waals surface area contributed by atoms with E-state index in [0.717, 1.165) is 17.9 Å². The summed E-state index contributed by atoms with van der Waals surface area (Å²) in [4.78, 5) is 6.26. The highest BCUT2D eigenvalue weighted by molar-refractivity contribution is 5.97. The van der Waals surface area contributed by atoms with Gasteiger partial charge in [-0.15, -0.1) is 0 Å². The third-order valence-corrected chi connectivity index (χ3v) is 3.22.